The molecule has 0 saturated carbocycles. The second-order valence-corrected chi connectivity index (χ2v) is 5.80. The van der Waals surface area contributed by atoms with Gasteiger partial charge >= 0.3 is 5.97 Å². The molecule has 0 spiro atoms. The highest BCUT2D eigenvalue weighted by molar-refractivity contribution is 7.92. The molecule has 0 aliphatic carbocycles. The molecule has 0 atom stereocenters. The van der Waals surface area contributed by atoms with Gasteiger partial charge in [0.25, 0.3) is 0 Å². The number of hydrogen-bond donors (Lipinski definition) is 1. The van der Waals surface area contributed by atoms with Crippen LogP contribution in [0, 0.1) is 0 Å². The van der Waals surface area contributed by atoms with Crippen LogP contribution >= 0.6 is 11.6 Å². The number of rotatable bonds is 5. The Morgan fingerprint density at radius 2 is 2.12 bits per heavy atom. The Bertz CT molecular complexity index is 515. The first-order chi connectivity index (χ1) is 7.80. The Morgan fingerprint density at radius 1 is 1.47 bits per heavy atom. The molecule has 1 aromatic rings. The highest BCUT2D eigenvalue weighted by Gasteiger charge is 2.18. The van der Waals surface area contributed by atoms with Crippen molar-refractivity contribution in [2.45, 2.75) is 6.42 Å². The third kappa shape index (κ3) is 4.24. The summed E-state index contributed by atoms with van der Waals surface area (Å²) < 4.78 is 24.1. The molecule has 1 aromatic carbocycles. The van der Waals surface area contributed by atoms with E-state index in [1.807, 2.05) is 0 Å². The lowest BCUT2D eigenvalue weighted by atomic mass is 10.3. The van der Waals surface area contributed by atoms with Crippen molar-refractivity contribution in [2.75, 3.05) is 17.1 Å². The SMILES string of the molecule is CS(=O)(=O)N(CCC(=O)O)c1cccc(Cl)c1. The normalized spacial score (nSPS) is 11.2. The quantitative estimate of drug-likeness (QED) is 0.887. The molecule has 94 valence electrons. The average Bonchev–Trinajstić information content (AvgIpc) is 2.15. The summed E-state index contributed by atoms with van der Waals surface area (Å²) >= 11 is 5.76. The number of halogens is 1. The fourth-order valence-electron chi connectivity index (χ4n) is 1.31. The van der Waals surface area contributed by atoms with Gasteiger partial charge < -0.3 is 5.11 Å². The van der Waals surface area contributed by atoms with E-state index in [1.165, 1.54) is 6.07 Å². The van der Waals surface area contributed by atoms with Crippen LogP contribution < -0.4 is 4.31 Å². The lowest BCUT2D eigenvalue weighted by molar-refractivity contribution is -0.136. The maximum atomic E-state index is 11.5. The van der Waals surface area contributed by atoms with Crippen LogP contribution in [0.25, 0.3) is 0 Å². The van der Waals surface area contributed by atoms with E-state index in [2.05, 4.69) is 0 Å². The highest BCUT2D eigenvalue weighted by atomic mass is 35.5. The third-order valence-corrected chi connectivity index (χ3v) is 3.45. The van der Waals surface area contributed by atoms with Crippen molar-refractivity contribution in [1.29, 1.82) is 0 Å². The number of carboxylic acid groups (broad SMARTS) is 1. The largest absolute Gasteiger partial charge is 0.481 e. The molecule has 7 heteroatoms. The fourth-order valence-corrected chi connectivity index (χ4v) is 2.42. The minimum Gasteiger partial charge on any atom is -0.481 e. The Morgan fingerprint density at radius 3 is 2.59 bits per heavy atom. The maximum absolute atomic E-state index is 11.5. The standard InChI is InChI=1S/C10H12ClNO4S/c1-17(15,16)12(6-5-10(13)14)9-4-2-3-8(11)7-9/h2-4,7H,5-6H2,1H3,(H,13,14). The van der Waals surface area contributed by atoms with Gasteiger partial charge in [-0.05, 0) is 18.2 Å². The molecule has 1 N–H and O–H groups in total. The number of nitrogens with zero attached hydrogens (tertiary/aromatic N) is 1. The van der Waals surface area contributed by atoms with Gasteiger partial charge in [0.2, 0.25) is 10.0 Å². The van der Waals surface area contributed by atoms with Crippen LogP contribution in [0.3, 0.4) is 0 Å². The van der Waals surface area contributed by atoms with E-state index in [9.17, 15) is 13.2 Å². The van der Waals surface area contributed by atoms with E-state index in [-0.39, 0.29) is 13.0 Å². The molecule has 0 saturated heterocycles. The Balaban J connectivity index is 3.03. The molecule has 0 radical (unpaired) electrons. The first kappa shape index (κ1) is 13.8. The van der Waals surface area contributed by atoms with Gasteiger partial charge in [-0.3, -0.25) is 9.10 Å². The van der Waals surface area contributed by atoms with Crippen LogP contribution in [-0.2, 0) is 14.8 Å². The van der Waals surface area contributed by atoms with Crippen molar-refractivity contribution in [3.8, 4) is 0 Å². The van der Waals surface area contributed by atoms with Crippen LogP contribution in [0.5, 0.6) is 0 Å². The van der Waals surface area contributed by atoms with E-state index >= 15 is 0 Å². The molecule has 5 nitrogen and oxygen atoms in total. The van der Waals surface area contributed by atoms with Crippen LogP contribution in [0.4, 0.5) is 5.69 Å². The topological polar surface area (TPSA) is 74.7 Å². The van der Waals surface area contributed by atoms with E-state index in [1.54, 1.807) is 18.2 Å². The second kappa shape index (κ2) is 5.37. The van der Waals surface area contributed by atoms with Crippen molar-refractivity contribution in [3.05, 3.63) is 29.3 Å². The average molecular weight is 278 g/mol. The molecule has 0 fully saturated rings. The first-order valence-corrected chi connectivity index (χ1v) is 6.98. The molecule has 0 heterocycles. The molecular weight excluding hydrogens is 266 g/mol. The predicted octanol–water partition coefficient (Wildman–Crippen LogP) is 1.58. The minimum absolute atomic E-state index is 0.117. The number of anilines is 1. The molecule has 0 aliphatic heterocycles. The van der Waals surface area contributed by atoms with Gasteiger partial charge in [0.15, 0.2) is 0 Å². The molecule has 0 unspecified atom stereocenters. The van der Waals surface area contributed by atoms with Gasteiger partial charge in [0, 0.05) is 11.6 Å². The van der Waals surface area contributed by atoms with Crippen molar-refractivity contribution in [3.63, 3.8) is 0 Å². The molecule has 0 aromatic heterocycles. The van der Waals surface area contributed by atoms with E-state index in [4.69, 9.17) is 16.7 Å². The van der Waals surface area contributed by atoms with Gasteiger partial charge in [0.05, 0.1) is 18.4 Å². The second-order valence-electron chi connectivity index (χ2n) is 3.46. The van der Waals surface area contributed by atoms with Gasteiger partial charge in [-0.2, -0.15) is 0 Å². The van der Waals surface area contributed by atoms with Gasteiger partial charge in [-0.15, -0.1) is 0 Å². The fraction of sp³-hybridized carbons (Fsp3) is 0.300. The molecule has 1 rings (SSSR count). The van der Waals surface area contributed by atoms with Crippen LogP contribution in [-0.4, -0.2) is 32.3 Å². The third-order valence-electron chi connectivity index (χ3n) is 2.03. The van der Waals surface area contributed by atoms with Crippen molar-refractivity contribution in [1.82, 2.24) is 0 Å². The van der Waals surface area contributed by atoms with Gasteiger partial charge in [0.1, 0.15) is 0 Å². The number of hydrogen-bond acceptors (Lipinski definition) is 3. The Hall–Kier alpha value is -1.27. The smallest absolute Gasteiger partial charge is 0.305 e. The number of carboxylic acids is 1. The van der Waals surface area contributed by atoms with E-state index < -0.39 is 16.0 Å². The summed E-state index contributed by atoms with van der Waals surface area (Å²) in [7, 11) is -3.52. The monoisotopic (exact) mass is 277 g/mol. The maximum Gasteiger partial charge on any atom is 0.305 e. The number of carbonyl (C=O) groups is 1. The zero-order chi connectivity index (χ0) is 13.1. The van der Waals surface area contributed by atoms with Crippen molar-refractivity contribution < 1.29 is 18.3 Å². The lowest BCUT2D eigenvalue weighted by Crippen LogP contribution is -2.31. The lowest BCUT2D eigenvalue weighted by Gasteiger charge is -2.21. The summed E-state index contributed by atoms with van der Waals surface area (Å²) in [6, 6.07) is 6.26. The summed E-state index contributed by atoms with van der Waals surface area (Å²) in [5.74, 6) is -1.05. The zero-order valence-corrected chi connectivity index (χ0v) is 10.7. The van der Waals surface area contributed by atoms with Crippen molar-refractivity contribution in [2.24, 2.45) is 0 Å². The molecule has 17 heavy (non-hydrogen) atoms. The number of aliphatic carboxylic acids is 1. The molecular formula is C10H12ClNO4S. The highest BCUT2D eigenvalue weighted by Crippen LogP contribution is 2.21. The summed E-state index contributed by atoms with van der Waals surface area (Å²) in [6.07, 6.45) is 0.759. The Kier molecular flexibility index (Phi) is 4.36. The Labute approximate surface area is 105 Å². The van der Waals surface area contributed by atoms with Crippen LogP contribution in [0.1, 0.15) is 6.42 Å². The van der Waals surface area contributed by atoms with Crippen LogP contribution in [0.15, 0.2) is 24.3 Å². The molecule has 0 amide bonds. The van der Waals surface area contributed by atoms with E-state index in [0.29, 0.717) is 10.7 Å². The zero-order valence-electron chi connectivity index (χ0n) is 9.13. The predicted molar refractivity (Wildman–Crippen MR) is 65.9 cm³/mol. The summed E-state index contributed by atoms with van der Waals surface area (Å²) in [5.41, 5.74) is 0.362. The van der Waals surface area contributed by atoms with Gasteiger partial charge in [-0.1, -0.05) is 17.7 Å². The van der Waals surface area contributed by atoms with Crippen LogP contribution in [0.2, 0.25) is 5.02 Å². The van der Waals surface area contributed by atoms with Crippen molar-refractivity contribution >= 4 is 33.3 Å². The van der Waals surface area contributed by atoms with Gasteiger partial charge in [-0.25, -0.2) is 8.42 Å². The van der Waals surface area contributed by atoms with E-state index in [0.717, 1.165) is 10.6 Å². The molecule has 0 aliphatic rings. The minimum atomic E-state index is -3.52. The number of benzene rings is 1. The number of sulfonamides is 1. The summed E-state index contributed by atoms with van der Waals surface area (Å²) in [4.78, 5) is 10.5. The summed E-state index contributed by atoms with van der Waals surface area (Å²) in [6.45, 7) is -0.117. The molecule has 0 bridgehead atoms. The first-order valence-electron chi connectivity index (χ1n) is 4.76. The summed E-state index contributed by atoms with van der Waals surface area (Å²) in [5, 5.41) is 8.98.